The number of hydrogen-bond donors (Lipinski definition) is 3. The maximum atomic E-state index is 10.0. The van der Waals surface area contributed by atoms with Crippen molar-refractivity contribution < 1.29 is 110 Å². The molecule has 4 radical (unpaired) electrons. The topological polar surface area (TPSA) is 163 Å². The second-order valence-corrected chi connectivity index (χ2v) is 23.6. The molecule has 0 amide bonds. The summed E-state index contributed by atoms with van der Waals surface area (Å²) >= 11 is 0. The van der Waals surface area contributed by atoms with Gasteiger partial charge in [0, 0.05) is 98.6 Å². The van der Waals surface area contributed by atoms with Gasteiger partial charge < -0.3 is 15.3 Å². The number of para-hydroxylation sites is 4. The van der Waals surface area contributed by atoms with Crippen molar-refractivity contribution in [2.75, 3.05) is 0 Å². The third-order valence-corrected chi connectivity index (χ3v) is 14.7. The molecule has 10 nitrogen and oxygen atoms in total. The van der Waals surface area contributed by atoms with Crippen LogP contribution in [0.2, 0.25) is 0 Å². The Kier molecular flexibility index (Phi) is 36.1. The molecule has 14 aromatic rings. The number of aliphatic hydroxyl groups is 3. The molecule has 10 aromatic carbocycles. The Morgan fingerprint density at radius 3 is 1.10 bits per heavy atom. The summed E-state index contributed by atoms with van der Waals surface area (Å²) in [6, 6.07) is 100. The first-order chi connectivity index (χ1) is 47.6. The predicted octanol–water partition coefficient (Wildman–Crippen LogP) is 22.0. The van der Waals surface area contributed by atoms with E-state index in [-0.39, 0.29) is 115 Å². The predicted molar refractivity (Wildman–Crippen MR) is 407 cm³/mol. The second-order valence-electron chi connectivity index (χ2n) is 23.6. The van der Waals surface area contributed by atoms with Gasteiger partial charge in [-0.1, -0.05) is 220 Å². The van der Waals surface area contributed by atoms with E-state index < -0.39 is 0 Å². The van der Waals surface area contributed by atoms with Gasteiger partial charge in [0.15, 0.2) is 17.3 Å². The summed E-state index contributed by atoms with van der Waals surface area (Å²) < 4.78 is 0. The summed E-state index contributed by atoms with van der Waals surface area (Å²) in [6.45, 7) is 16.9. The van der Waals surface area contributed by atoms with Crippen molar-refractivity contribution in [1.29, 1.82) is 0 Å². The number of benzene rings is 10. The van der Waals surface area contributed by atoms with Gasteiger partial charge in [0.25, 0.3) is 0 Å². The first kappa shape index (κ1) is 85.7. The van der Waals surface area contributed by atoms with Gasteiger partial charge in [0.05, 0.1) is 39.3 Å². The number of hydrogen-bond acceptors (Lipinski definition) is 10. The fourth-order valence-electron chi connectivity index (χ4n) is 10.5. The molecule has 0 unspecified atom stereocenters. The van der Waals surface area contributed by atoms with Crippen molar-refractivity contribution >= 4 is 71.7 Å². The quantitative estimate of drug-likeness (QED) is 0.0758. The standard InChI is InChI=1S/C21H14N.C19H12N.2C17H14N.3C5H8O2.4Ir/c1-2-6-16(7-3-1)17-10-12-19(13-11-17)21-15-14-18-8-4-5-9-20(18)22-21;1-2-7-16-13-17(10-9-14(16)5-1)19-12-11-15-6-3-4-8-18(15)20-19;1-12-7-9-15(13(2)11-12)17-10-8-14-5-3-4-6-16(14)18-17;1-12-9-13(2)11-15(10-12)17-8-7-14-5-3-4-6-16(14)18-17;3*1-4(6)3-5(2)7;;;;/h1-12,14-15H;1-9,11-13H;3-8,10-11H,1-2H3;3-10H,1-2H3;3*3,6H,1-2H3;;;;/q4*-1;;;;;;;. The van der Waals surface area contributed by atoms with Crippen molar-refractivity contribution in [2.45, 2.75) is 69.2 Å². The number of aromatic nitrogens is 4. The molecule has 0 saturated carbocycles. The number of carbonyl (C=O) groups is 3. The number of aliphatic hydroxyl groups excluding tert-OH is 3. The van der Waals surface area contributed by atoms with Crippen LogP contribution in [0.3, 0.4) is 0 Å². The molecule has 0 atom stereocenters. The van der Waals surface area contributed by atoms with Gasteiger partial charge in [-0.05, 0) is 110 Å². The van der Waals surface area contributed by atoms with Crippen LogP contribution in [0.5, 0.6) is 0 Å². The summed E-state index contributed by atoms with van der Waals surface area (Å²) in [4.78, 5) is 48.9. The van der Waals surface area contributed by atoms with Crippen LogP contribution in [0, 0.1) is 52.0 Å². The van der Waals surface area contributed by atoms with Gasteiger partial charge in [0.1, 0.15) is 0 Å². The van der Waals surface area contributed by atoms with Gasteiger partial charge in [0.2, 0.25) is 0 Å². The van der Waals surface area contributed by atoms with E-state index in [2.05, 4.69) is 191 Å². The average Bonchev–Trinajstić information content (AvgIpc) is 0.828. The van der Waals surface area contributed by atoms with Crippen LogP contribution < -0.4 is 0 Å². The number of aryl methyl sites for hydroxylation is 4. The van der Waals surface area contributed by atoms with E-state index in [1.54, 1.807) is 0 Å². The number of pyridine rings is 4. The third-order valence-electron chi connectivity index (χ3n) is 14.7. The van der Waals surface area contributed by atoms with E-state index >= 15 is 0 Å². The minimum absolute atomic E-state index is 0. The van der Waals surface area contributed by atoms with E-state index in [0.29, 0.717) is 0 Å². The third kappa shape index (κ3) is 27.6. The van der Waals surface area contributed by atoms with Gasteiger partial charge >= 0.3 is 0 Å². The Morgan fingerprint density at radius 2 is 0.699 bits per heavy atom. The van der Waals surface area contributed by atoms with Crippen LogP contribution in [-0.2, 0) is 94.8 Å². The molecular weight excluding hydrogens is 1990 g/mol. The molecule has 3 N–H and O–H groups in total. The van der Waals surface area contributed by atoms with E-state index in [4.69, 9.17) is 35.3 Å². The Balaban J connectivity index is 0.000000264. The number of allylic oxidation sites excluding steroid dienone is 6. The Labute approximate surface area is 658 Å². The molecule has 0 aliphatic rings. The zero-order valence-electron chi connectivity index (χ0n) is 58.7. The number of ketones is 3. The number of carbonyl (C=O) groups excluding carboxylic acids is 3. The SMILES string of the molecule is CC(=O)C=C(C)O.CC(=O)C=C(C)O.CC(=O)C=C(C)O.Cc1[c-]c(-c2ccc3ccccc3n2)cc(C)c1.Cc1c[c-]c(-c2ccc3ccccc3n2)c(C)c1.[Ir].[Ir].[Ir].[Ir].[c-]1cc(-c2ccccc2)ccc1-c1ccc2ccccc2n1.[c-]1cc2ccccc2cc1-c1ccc2ccccc2n1. The smallest absolute Gasteiger partial charge is 0.155 e. The molecule has 14 rings (SSSR count). The van der Waals surface area contributed by atoms with Gasteiger partial charge in [-0.15, -0.1) is 129 Å². The molecular formula is C89H78Ir4N4O6-4. The minimum atomic E-state index is -0.125. The Hall–Kier alpha value is -9.67. The molecule has 0 aliphatic heterocycles. The van der Waals surface area contributed by atoms with E-state index in [9.17, 15) is 14.4 Å². The minimum Gasteiger partial charge on any atom is -0.512 e. The Bertz CT molecular complexity index is 5040. The largest absolute Gasteiger partial charge is 0.512 e. The average molecular weight is 2070 g/mol. The van der Waals surface area contributed by atoms with Crippen LogP contribution in [-0.4, -0.2) is 52.6 Å². The first-order valence-corrected chi connectivity index (χ1v) is 32.2. The molecule has 103 heavy (non-hydrogen) atoms. The van der Waals surface area contributed by atoms with Crippen LogP contribution in [0.15, 0.2) is 290 Å². The molecule has 0 fully saturated rings. The zero-order valence-corrected chi connectivity index (χ0v) is 68.2. The summed E-state index contributed by atoms with van der Waals surface area (Å²) in [5.41, 5.74) is 19.4. The van der Waals surface area contributed by atoms with E-state index in [1.807, 2.05) is 115 Å². The Morgan fingerprint density at radius 1 is 0.320 bits per heavy atom. The number of fused-ring (bicyclic) bond motifs is 5. The molecule has 0 aliphatic carbocycles. The van der Waals surface area contributed by atoms with Crippen molar-refractivity contribution in [1.82, 2.24) is 19.9 Å². The van der Waals surface area contributed by atoms with Crippen LogP contribution >= 0.6 is 0 Å². The second kappa shape index (κ2) is 43.3. The summed E-state index contributed by atoms with van der Waals surface area (Å²) in [6.07, 6.45) is 3.50. The number of rotatable bonds is 8. The molecule has 0 saturated heterocycles. The molecule has 4 aromatic heterocycles. The molecule has 0 spiro atoms. The van der Waals surface area contributed by atoms with E-state index in [0.717, 1.165) is 83.4 Å². The maximum Gasteiger partial charge on any atom is 0.155 e. The zero-order chi connectivity index (χ0) is 70.8. The van der Waals surface area contributed by atoms with Crippen molar-refractivity contribution in [3.63, 3.8) is 0 Å². The van der Waals surface area contributed by atoms with Gasteiger partial charge in [-0.2, -0.15) is 0 Å². The van der Waals surface area contributed by atoms with Crippen LogP contribution in [0.25, 0.3) is 111 Å². The van der Waals surface area contributed by atoms with Crippen LogP contribution in [0.4, 0.5) is 0 Å². The fraction of sp³-hybridized carbons (Fsp3) is 0.112. The monoisotopic (exact) mass is 2070 g/mol. The normalized spacial score (nSPS) is 10.5. The summed E-state index contributed by atoms with van der Waals surface area (Å²) in [5, 5.41) is 32.2. The van der Waals surface area contributed by atoms with Crippen molar-refractivity contribution in [3.8, 4) is 56.2 Å². The molecule has 0 bridgehead atoms. The first-order valence-electron chi connectivity index (χ1n) is 32.2. The van der Waals surface area contributed by atoms with Gasteiger partial charge in [-0.3, -0.25) is 34.3 Å². The molecule has 14 heteroatoms. The molecule has 530 valence electrons. The van der Waals surface area contributed by atoms with Crippen molar-refractivity contribution in [2.24, 2.45) is 0 Å². The van der Waals surface area contributed by atoms with Crippen molar-refractivity contribution in [3.05, 3.63) is 337 Å². The van der Waals surface area contributed by atoms with Gasteiger partial charge in [-0.25, -0.2) is 0 Å². The molecule has 4 heterocycles. The fourth-order valence-corrected chi connectivity index (χ4v) is 10.5. The summed E-state index contributed by atoms with van der Waals surface area (Å²) in [7, 11) is 0. The summed E-state index contributed by atoms with van der Waals surface area (Å²) in [5.74, 6) is -0.187. The maximum absolute atomic E-state index is 10.0. The number of nitrogens with zero attached hydrogens (tertiary/aromatic N) is 4. The van der Waals surface area contributed by atoms with E-state index in [1.165, 1.54) is 109 Å². The van der Waals surface area contributed by atoms with Crippen LogP contribution in [0.1, 0.15) is 63.8 Å².